The van der Waals surface area contributed by atoms with Crippen molar-refractivity contribution in [2.24, 2.45) is 0 Å². The van der Waals surface area contributed by atoms with Gasteiger partial charge in [-0.15, -0.1) is 10.2 Å². The van der Waals surface area contributed by atoms with Crippen molar-refractivity contribution in [3.63, 3.8) is 0 Å². The molecule has 6 nitrogen and oxygen atoms in total. The highest BCUT2D eigenvalue weighted by Gasteiger charge is 2.30. The monoisotopic (exact) mass is 389 g/mol. The van der Waals surface area contributed by atoms with Gasteiger partial charge in [0.05, 0.1) is 18.7 Å². The van der Waals surface area contributed by atoms with Gasteiger partial charge in [-0.3, -0.25) is 0 Å². The fourth-order valence-corrected chi connectivity index (χ4v) is 2.96. The van der Waals surface area contributed by atoms with Gasteiger partial charge in [0.15, 0.2) is 0 Å². The molecule has 1 aliphatic carbocycles. The van der Waals surface area contributed by atoms with Crippen LogP contribution < -0.4 is 5.32 Å². The molecule has 2 N–H and O–H groups in total. The molecule has 1 saturated carbocycles. The molecule has 9 heteroatoms. The molecule has 1 aliphatic rings. The van der Waals surface area contributed by atoms with Crippen LogP contribution in [-0.2, 0) is 12.7 Å². The lowest BCUT2D eigenvalue weighted by Crippen LogP contribution is -2.06. The molecule has 146 valence electrons. The van der Waals surface area contributed by atoms with Crippen LogP contribution in [0, 0.1) is 0 Å². The highest BCUT2D eigenvalue weighted by Crippen LogP contribution is 2.42. The molecular weight excluding hydrogens is 371 g/mol. The number of halogens is 3. The Morgan fingerprint density at radius 1 is 1.11 bits per heavy atom. The summed E-state index contributed by atoms with van der Waals surface area (Å²) in [6.45, 7) is 0.131. The fraction of sp³-hybridized carbons (Fsp3) is 0.316. The van der Waals surface area contributed by atoms with Crippen LogP contribution in [0.2, 0.25) is 0 Å². The number of benzene rings is 2. The minimum absolute atomic E-state index is 0.103. The van der Waals surface area contributed by atoms with E-state index in [1.807, 2.05) is 18.2 Å². The second kappa shape index (κ2) is 7.23. The van der Waals surface area contributed by atoms with Gasteiger partial charge in [-0.05, 0) is 65.9 Å². The van der Waals surface area contributed by atoms with E-state index < -0.39 is 11.7 Å². The summed E-state index contributed by atoms with van der Waals surface area (Å²) in [5, 5.41) is 24.4. The molecule has 28 heavy (non-hydrogen) atoms. The Bertz CT molecular complexity index is 964. The topological polar surface area (TPSA) is 75.9 Å². The van der Waals surface area contributed by atoms with Crippen LogP contribution in [0.5, 0.6) is 0 Å². The van der Waals surface area contributed by atoms with E-state index in [-0.39, 0.29) is 13.2 Å². The van der Waals surface area contributed by atoms with Gasteiger partial charge in [0.2, 0.25) is 5.82 Å². The Kier molecular flexibility index (Phi) is 4.76. The number of alkyl halides is 3. The zero-order valence-electron chi connectivity index (χ0n) is 14.8. The number of hydrogen-bond donors (Lipinski definition) is 2. The van der Waals surface area contributed by atoms with Crippen LogP contribution in [0.25, 0.3) is 11.4 Å². The lowest BCUT2D eigenvalue weighted by Gasteiger charge is -2.13. The lowest BCUT2D eigenvalue weighted by atomic mass is 10.0. The number of rotatable bonds is 6. The van der Waals surface area contributed by atoms with E-state index in [2.05, 4.69) is 20.7 Å². The first-order valence-electron chi connectivity index (χ1n) is 8.91. The van der Waals surface area contributed by atoms with Crippen LogP contribution in [0.1, 0.15) is 29.9 Å². The van der Waals surface area contributed by atoms with E-state index in [1.54, 1.807) is 0 Å². The summed E-state index contributed by atoms with van der Waals surface area (Å²) in [4.78, 5) is 1.31. The first-order valence-corrected chi connectivity index (χ1v) is 8.91. The second-order valence-corrected chi connectivity index (χ2v) is 6.71. The quantitative estimate of drug-likeness (QED) is 0.667. The number of anilines is 2. The fourth-order valence-electron chi connectivity index (χ4n) is 2.96. The third-order valence-corrected chi connectivity index (χ3v) is 4.58. The molecule has 0 aliphatic heterocycles. The summed E-state index contributed by atoms with van der Waals surface area (Å²) >= 11 is 0. The molecule has 4 rings (SSSR count). The lowest BCUT2D eigenvalue weighted by molar-refractivity contribution is -0.137. The molecule has 0 amide bonds. The molecule has 1 heterocycles. The number of nitrogens with one attached hydrogen (secondary N) is 1. The summed E-state index contributed by atoms with van der Waals surface area (Å²) in [5.74, 6) is 0.914. The number of hydrogen-bond acceptors (Lipinski definition) is 5. The normalized spacial score (nSPS) is 14.3. The van der Waals surface area contributed by atoms with Crippen LogP contribution in [0.4, 0.5) is 24.5 Å². The SMILES string of the molecule is OCCn1nnc(-c2cc(C3CC3)ccc2Nc2ccc(C(F)(F)F)cc2)n1. The van der Waals surface area contributed by atoms with Gasteiger partial charge in [-0.25, -0.2) is 0 Å². The van der Waals surface area contributed by atoms with Crippen molar-refractivity contribution in [2.45, 2.75) is 31.5 Å². The van der Waals surface area contributed by atoms with Crippen LogP contribution >= 0.6 is 0 Å². The average molecular weight is 389 g/mol. The Labute approximate surface area is 159 Å². The average Bonchev–Trinajstić information content (AvgIpc) is 3.41. The van der Waals surface area contributed by atoms with Crippen LogP contribution in [0.15, 0.2) is 42.5 Å². The zero-order chi connectivity index (χ0) is 19.7. The third kappa shape index (κ3) is 3.99. The van der Waals surface area contributed by atoms with E-state index in [1.165, 1.54) is 22.5 Å². The first-order chi connectivity index (χ1) is 13.4. The minimum atomic E-state index is -4.37. The highest BCUT2D eigenvalue weighted by molar-refractivity contribution is 5.78. The summed E-state index contributed by atoms with van der Waals surface area (Å²) in [7, 11) is 0. The number of nitrogens with zero attached hydrogens (tertiary/aromatic N) is 4. The maximum absolute atomic E-state index is 12.8. The van der Waals surface area contributed by atoms with Crippen LogP contribution in [0.3, 0.4) is 0 Å². The standard InChI is InChI=1S/C19H18F3N5O/c20-19(21,22)14-4-6-15(7-5-14)23-17-8-3-13(12-1-2-12)11-16(17)18-24-26-27(25-18)9-10-28/h3-8,11-12,23,28H,1-2,9-10H2. The van der Waals surface area contributed by atoms with Gasteiger partial charge in [0, 0.05) is 16.9 Å². The van der Waals surface area contributed by atoms with Crippen molar-refractivity contribution in [1.29, 1.82) is 0 Å². The van der Waals surface area contributed by atoms with Crippen molar-refractivity contribution >= 4 is 11.4 Å². The maximum atomic E-state index is 12.8. The van der Waals surface area contributed by atoms with Gasteiger partial charge in [-0.2, -0.15) is 18.0 Å². The van der Waals surface area contributed by atoms with Crippen molar-refractivity contribution in [3.8, 4) is 11.4 Å². The summed E-state index contributed by atoms with van der Waals surface area (Å²) in [6, 6.07) is 10.7. The highest BCUT2D eigenvalue weighted by atomic mass is 19.4. The smallest absolute Gasteiger partial charge is 0.394 e. The van der Waals surface area contributed by atoms with Gasteiger partial charge in [0.25, 0.3) is 0 Å². The Hall–Kier alpha value is -2.94. The molecule has 1 fully saturated rings. The first kappa shape index (κ1) is 18.4. The third-order valence-electron chi connectivity index (χ3n) is 4.58. The van der Waals surface area contributed by atoms with Crippen LogP contribution in [-0.4, -0.2) is 31.9 Å². The van der Waals surface area contributed by atoms with E-state index in [9.17, 15) is 13.2 Å². The maximum Gasteiger partial charge on any atom is 0.416 e. The van der Waals surface area contributed by atoms with Gasteiger partial charge in [0.1, 0.15) is 0 Å². The molecule has 0 spiro atoms. The summed E-state index contributed by atoms with van der Waals surface area (Å²) in [5.41, 5.74) is 2.39. The predicted octanol–water partition coefficient (Wildman–Crippen LogP) is 3.97. The number of aliphatic hydroxyl groups is 1. The molecule has 0 saturated heterocycles. The second-order valence-electron chi connectivity index (χ2n) is 6.71. The Morgan fingerprint density at radius 3 is 2.50 bits per heavy atom. The van der Waals surface area contributed by atoms with Crippen molar-refractivity contribution in [2.75, 3.05) is 11.9 Å². The largest absolute Gasteiger partial charge is 0.416 e. The molecule has 2 aromatic carbocycles. The Balaban J connectivity index is 1.65. The van der Waals surface area contributed by atoms with E-state index in [4.69, 9.17) is 5.11 Å². The summed E-state index contributed by atoms with van der Waals surface area (Å²) < 4.78 is 38.3. The molecule has 1 aromatic heterocycles. The minimum Gasteiger partial charge on any atom is -0.394 e. The molecule has 3 aromatic rings. The molecule has 0 bridgehead atoms. The van der Waals surface area contributed by atoms with E-state index in [0.29, 0.717) is 28.7 Å². The number of tetrazole rings is 1. The van der Waals surface area contributed by atoms with Crippen molar-refractivity contribution in [3.05, 3.63) is 53.6 Å². The number of aromatic nitrogens is 4. The van der Waals surface area contributed by atoms with Gasteiger partial charge < -0.3 is 10.4 Å². The molecule has 0 atom stereocenters. The molecule has 0 radical (unpaired) electrons. The number of aliphatic hydroxyl groups excluding tert-OH is 1. The van der Waals surface area contributed by atoms with E-state index >= 15 is 0 Å². The zero-order valence-corrected chi connectivity index (χ0v) is 14.8. The van der Waals surface area contributed by atoms with Gasteiger partial charge in [-0.1, -0.05) is 6.07 Å². The molecular formula is C19H18F3N5O. The van der Waals surface area contributed by atoms with Crippen molar-refractivity contribution < 1.29 is 18.3 Å². The van der Waals surface area contributed by atoms with Crippen molar-refractivity contribution in [1.82, 2.24) is 20.2 Å². The Morgan fingerprint density at radius 2 is 1.86 bits per heavy atom. The molecule has 0 unspecified atom stereocenters. The van der Waals surface area contributed by atoms with Gasteiger partial charge >= 0.3 is 6.18 Å². The predicted molar refractivity (Wildman–Crippen MR) is 97.0 cm³/mol. The van der Waals surface area contributed by atoms with E-state index in [0.717, 1.165) is 25.0 Å². The summed E-state index contributed by atoms with van der Waals surface area (Å²) in [6.07, 6.45) is -2.10.